The van der Waals surface area contributed by atoms with Crippen molar-refractivity contribution in [2.75, 3.05) is 25.5 Å². The minimum atomic E-state index is -0.0549. The predicted molar refractivity (Wildman–Crippen MR) is 117 cm³/mol. The summed E-state index contributed by atoms with van der Waals surface area (Å²) in [6.07, 6.45) is 0.723. The third kappa shape index (κ3) is 6.44. The number of anilines is 1. The van der Waals surface area contributed by atoms with Gasteiger partial charge in [-0.1, -0.05) is 54.3 Å². The summed E-state index contributed by atoms with van der Waals surface area (Å²) >= 11 is 0. The summed E-state index contributed by atoms with van der Waals surface area (Å²) in [5.41, 5.74) is 3.81. The van der Waals surface area contributed by atoms with Crippen molar-refractivity contribution in [1.82, 2.24) is 5.32 Å². The van der Waals surface area contributed by atoms with Crippen LogP contribution in [0.5, 0.6) is 5.75 Å². The van der Waals surface area contributed by atoms with Gasteiger partial charge >= 0.3 is 0 Å². The number of methoxy groups -OCH3 is 1. The van der Waals surface area contributed by atoms with E-state index >= 15 is 0 Å². The second-order valence-electron chi connectivity index (χ2n) is 6.46. The third-order valence-electron chi connectivity index (χ3n) is 4.35. The minimum Gasteiger partial charge on any atom is -0.496 e. The van der Waals surface area contributed by atoms with E-state index in [0.717, 1.165) is 34.5 Å². The lowest BCUT2D eigenvalue weighted by Crippen LogP contribution is -2.31. The zero-order chi connectivity index (χ0) is 20.3. The van der Waals surface area contributed by atoms with Gasteiger partial charge in [-0.2, -0.15) is 0 Å². The van der Waals surface area contributed by atoms with Crippen LogP contribution in [0.3, 0.4) is 0 Å². The molecule has 0 bridgehead atoms. The number of benzene rings is 3. The molecule has 3 rings (SSSR count). The summed E-state index contributed by atoms with van der Waals surface area (Å²) in [4.78, 5) is 12.1. The molecular weight excluding hydrogens is 360 g/mol. The standard InChI is InChI=1S/C25H24N2O2/c1-29-24-13-6-5-11-22(24)16-17-26-25(28)19-27-23-12-7-10-21(18-23)15-14-20-8-3-2-4-9-20/h2-13,18,27H,16-17,19H2,1H3,(H,26,28). The molecule has 0 heterocycles. The summed E-state index contributed by atoms with van der Waals surface area (Å²) in [7, 11) is 1.65. The number of nitrogens with one attached hydrogen (secondary N) is 2. The molecule has 0 saturated carbocycles. The Labute approximate surface area is 171 Å². The summed E-state index contributed by atoms with van der Waals surface area (Å²) in [6.45, 7) is 0.769. The average Bonchev–Trinajstić information content (AvgIpc) is 2.77. The van der Waals surface area contributed by atoms with Crippen molar-refractivity contribution in [3.63, 3.8) is 0 Å². The van der Waals surface area contributed by atoms with Crippen molar-refractivity contribution >= 4 is 11.6 Å². The first kappa shape index (κ1) is 20.0. The SMILES string of the molecule is COc1ccccc1CCNC(=O)CNc1cccc(C#Cc2ccccc2)c1. The Balaban J connectivity index is 1.47. The van der Waals surface area contributed by atoms with E-state index in [2.05, 4.69) is 22.5 Å². The van der Waals surface area contributed by atoms with Gasteiger partial charge in [-0.15, -0.1) is 0 Å². The molecule has 2 N–H and O–H groups in total. The van der Waals surface area contributed by atoms with E-state index in [-0.39, 0.29) is 12.5 Å². The van der Waals surface area contributed by atoms with Crippen molar-refractivity contribution < 1.29 is 9.53 Å². The molecule has 0 atom stereocenters. The van der Waals surface area contributed by atoms with Gasteiger partial charge < -0.3 is 15.4 Å². The number of ether oxygens (including phenoxy) is 1. The van der Waals surface area contributed by atoms with Crippen LogP contribution in [0.1, 0.15) is 16.7 Å². The van der Waals surface area contributed by atoms with Crippen LogP contribution in [-0.4, -0.2) is 26.1 Å². The highest BCUT2D eigenvalue weighted by molar-refractivity contribution is 5.80. The molecule has 0 aliphatic heterocycles. The van der Waals surface area contributed by atoms with E-state index in [1.807, 2.05) is 78.9 Å². The fraction of sp³-hybridized carbons (Fsp3) is 0.160. The second kappa shape index (κ2) is 10.6. The van der Waals surface area contributed by atoms with Crippen molar-refractivity contribution in [3.8, 4) is 17.6 Å². The lowest BCUT2D eigenvalue weighted by molar-refractivity contribution is -0.119. The van der Waals surface area contributed by atoms with Gasteiger partial charge in [-0.3, -0.25) is 4.79 Å². The first-order valence-electron chi connectivity index (χ1n) is 9.54. The summed E-state index contributed by atoms with van der Waals surface area (Å²) in [5.74, 6) is 7.07. The third-order valence-corrected chi connectivity index (χ3v) is 4.35. The number of amides is 1. The Bertz CT molecular complexity index is 1000. The predicted octanol–water partition coefficient (Wildman–Crippen LogP) is 3.87. The maximum atomic E-state index is 12.1. The van der Waals surface area contributed by atoms with Gasteiger partial charge in [0.15, 0.2) is 0 Å². The molecule has 1 amide bonds. The van der Waals surface area contributed by atoms with Crippen molar-refractivity contribution in [3.05, 3.63) is 95.6 Å². The second-order valence-corrected chi connectivity index (χ2v) is 6.46. The molecule has 29 heavy (non-hydrogen) atoms. The molecule has 0 spiro atoms. The smallest absolute Gasteiger partial charge is 0.239 e. The molecular formula is C25H24N2O2. The van der Waals surface area contributed by atoms with Crippen LogP contribution in [0.4, 0.5) is 5.69 Å². The molecule has 0 aromatic heterocycles. The van der Waals surface area contributed by atoms with Crippen molar-refractivity contribution in [1.29, 1.82) is 0 Å². The number of rotatable bonds is 7. The molecule has 146 valence electrons. The van der Waals surface area contributed by atoms with Crippen molar-refractivity contribution in [2.24, 2.45) is 0 Å². The monoisotopic (exact) mass is 384 g/mol. The molecule has 3 aromatic rings. The Morgan fingerprint density at radius 2 is 1.62 bits per heavy atom. The topological polar surface area (TPSA) is 50.4 Å². The lowest BCUT2D eigenvalue weighted by Gasteiger charge is -2.10. The zero-order valence-corrected chi connectivity index (χ0v) is 16.4. The Kier molecular flexibility index (Phi) is 7.31. The van der Waals surface area contributed by atoms with E-state index in [4.69, 9.17) is 4.74 Å². The molecule has 0 aliphatic rings. The average molecular weight is 384 g/mol. The van der Waals surface area contributed by atoms with Gasteiger partial charge in [0, 0.05) is 23.4 Å². The molecule has 0 fully saturated rings. The highest BCUT2D eigenvalue weighted by atomic mass is 16.5. The molecule has 0 aliphatic carbocycles. The number of carbonyl (C=O) groups is 1. The van der Waals surface area contributed by atoms with Gasteiger partial charge in [-0.05, 0) is 48.4 Å². The first-order chi connectivity index (χ1) is 14.2. The lowest BCUT2D eigenvalue weighted by atomic mass is 10.1. The Morgan fingerprint density at radius 1 is 0.897 bits per heavy atom. The maximum Gasteiger partial charge on any atom is 0.239 e. The number of hydrogen-bond donors (Lipinski definition) is 2. The van der Waals surface area contributed by atoms with E-state index in [1.165, 1.54) is 0 Å². The van der Waals surface area contributed by atoms with E-state index in [9.17, 15) is 4.79 Å². The first-order valence-corrected chi connectivity index (χ1v) is 9.54. The number of carbonyl (C=O) groups excluding carboxylic acids is 1. The summed E-state index contributed by atoms with van der Waals surface area (Å²) in [5, 5.41) is 6.08. The largest absolute Gasteiger partial charge is 0.496 e. The van der Waals surface area contributed by atoms with Gasteiger partial charge in [0.2, 0.25) is 5.91 Å². The Hall–Kier alpha value is -3.71. The number of para-hydroxylation sites is 1. The van der Waals surface area contributed by atoms with Crippen LogP contribution in [0.25, 0.3) is 0 Å². The molecule has 0 radical (unpaired) electrons. The highest BCUT2D eigenvalue weighted by Crippen LogP contribution is 2.17. The van der Waals surface area contributed by atoms with E-state index in [0.29, 0.717) is 6.54 Å². The van der Waals surface area contributed by atoms with E-state index in [1.54, 1.807) is 7.11 Å². The highest BCUT2D eigenvalue weighted by Gasteiger charge is 2.04. The quantitative estimate of drug-likeness (QED) is 0.608. The van der Waals surface area contributed by atoms with Crippen LogP contribution in [-0.2, 0) is 11.2 Å². The Morgan fingerprint density at radius 3 is 2.45 bits per heavy atom. The maximum absolute atomic E-state index is 12.1. The van der Waals surface area contributed by atoms with Crippen LogP contribution in [0, 0.1) is 11.8 Å². The summed E-state index contributed by atoms with van der Waals surface area (Å²) in [6, 6.07) is 25.4. The molecule has 0 unspecified atom stereocenters. The van der Waals surface area contributed by atoms with Crippen LogP contribution in [0.15, 0.2) is 78.9 Å². The van der Waals surface area contributed by atoms with Crippen molar-refractivity contribution in [2.45, 2.75) is 6.42 Å². The molecule has 4 heteroatoms. The molecule has 4 nitrogen and oxygen atoms in total. The zero-order valence-electron chi connectivity index (χ0n) is 16.4. The molecule has 0 saturated heterocycles. The van der Waals surface area contributed by atoms with Crippen LogP contribution in [0.2, 0.25) is 0 Å². The van der Waals surface area contributed by atoms with Gasteiger partial charge in [0.1, 0.15) is 5.75 Å². The van der Waals surface area contributed by atoms with Crippen LogP contribution < -0.4 is 15.4 Å². The molecule has 3 aromatic carbocycles. The fourth-order valence-electron chi connectivity index (χ4n) is 2.86. The van der Waals surface area contributed by atoms with Gasteiger partial charge in [0.05, 0.1) is 13.7 Å². The van der Waals surface area contributed by atoms with Gasteiger partial charge in [0.25, 0.3) is 0 Å². The summed E-state index contributed by atoms with van der Waals surface area (Å²) < 4.78 is 5.33. The van der Waals surface area contributed by atoms with Crippen LogP contribution >= 0.6 is 0 Å². The normalized spacial score (nSPS) is 9.83. The minimum absolute atomic E-state index is 0.0549. The van der Waals surface area contributed by atoms with Gasteiger partial charge in [-0.25, -0.2) is 0 Å². The van der Waals surface area contributed by atoms with E-state index < -0.39 is 0 Å². The fourth-order valence-corrected chi connectivity index (χ4v) is 2.86. The number of hydrogen-bond acceptors (Lipinski definition) is 3.